The second-order valence-corrected chi connectivity index (χ2v) is 15.2. The molecule has 1 heterocycles. The van der Waals surface area contributed by atoms with Crippen LogP contribution in [0.4, 0.5) is 0 Å². The summed E-state index contributed by atoms with van der Waals surface area (Å²) in [5, 5.41) is 11.5. The van der Waals surface area contributed by atoms with E-state index in [1.165, 1.54) is 54.5 Å². The van der Waals surface area contributed by atoms with Gasteiger partial charge in [0.05, 0.1) is 0 Å². The van der Waals surface area contributed by atoms with Crippen molar-refractivity contribution in [2.45, 2.75) is 0 Å². The molecule has 0 aromatic heterocycles. The molecule has 1 atom stereocenters. The van der Waals surface area contributed by atoms with Crippen molar-refractivity contribution in [2.24, 2.45) is 0 Å². The molecule has 168 valence electrons. The maximum atomic E-state index is 2.48. The quantitative estimate of drug-likeness (QED) is 0.233. The van der Waals surface area contributed by atoms with Crippen LogP contribution in [0.2, 0.25) is 0 Å². The van der Waals surface area contributed by atoms with Gasteiger partial charge in [-0.3, -0.25) is 0 Å². The van der Waals surface area contributed by atoms with Crippen LogP contribution in [0.1, 0.15) is 0 Å². The van der Waals surface area contributed by atoms with Crippen molar-refractivity contribution in [1.82, 2.24) is 0 Å². The summed E-state index contributed by atoms with van der Waals surface area (Å²) in [6.07, 6.45) is 0. The molecule has 1 unspecified atom stereocenters. The Kier molecular flexibility index (Phi) is 5.06. The summed E-state index contributed by atoms with van der Waals surface area (Å²) in [7, 11) is -1.54. The fourth-order valence-corrected chi connectivity index (χ4v) is 14.4. The van der Waals surface area contributed by atoms with Crippen molar-refractivity contribution in [2.75, 3.05) is 5.90 Å². The van der Waals surface area contributed by atoms with Crippen LogP contribution in [-0.2, 0) is 0 Å². The van der Waals surface area contributed by atoms with Gasteiger partial charge in [-0.25, -0.2) is 0 Å². The molecule has 0 saturated heterocycles. The second-order valence-electron chi connectivity index (χ2n) is 9.41. The number of benzene rings is 6. The Balaban J connectivity index is 1.70. The van der Waals surface area contributed by atoms with Gasteiger partial charge < -0.3 is 0 Å². The Bertz CT molecular complexity index is 1650. The molecule has 1 aliphatic rings. The molecule has 6 aromatic carbocycles. The molecule has 0 amide bonds. The summed E-state index contributed by atoms with van der Waals surface area (Å²) < 4.78 is 0. The van der Waals surface area contributed by atoms with Crippen LogP contribution in [0.25, 0.3) is 32.7 Å². The second kappa shape index (κ2) is 8.42. The van der Waals surface area contributed by atoms with Gasteiger partial charge in [-0.1, -0.05) is 0 Å². The molecular weight excluding hydrogens is 458 g/mol. The zero-order valence-corrected chi connectivity index (χ0v) is 21.4. The molecule has 0 spiro atoms. The van der Waals surface area contributed by atoms with E-state index in [4.69, 9.17) is 0 Å². The molecule has 6 aromatic rings. The Morgan fingerprint density at radius 2 is 0.971 bits per heavy atom. The third kappa shape index (κ3) is 3.21. The predicted molar refractivity (Wildman–Crippen MR) is 160 cm³/mol. The summed E-state index contributed by atoms with van der Waals surface area (Å²) in [6.45, 7) is 0. The van der Waals surface area contributed by atoms with Crippen molar-refractivity contribution in [3.63, 3.8) is 0 Å². The van der Waals surface area contributed by atoms with Gasteiger partial charge in [-0.2, -0.15) is 0 Å². The van der Waals surface area contributed by atoms with E-state index in [0.29, 0.717) is 0 Å². The molecule has 2 heteroatoms. The number of hydrogen-bond acceptors (Lipinski definition) is 0. The first kappa shape index (κ1) is 21.0. The molecule has 0 nitrogen and oxygen atoms in total. The van der Waals surface area contributed by atoms with Crippen molar-refractivity contribution in [3.8, 4) is 11.1 Å². The van der Waals surface area contributed by atoms with Gasteiger partial charge >= 0.3 is 209 Å². The van der Waals surface area contributed by atoms with Gasteiger partial charge in [-0.15, -0.1) is 0 Å². The normalized spacial score (nSPS) is 15.9. The molecule has 0 saturated carbocycles. The minimum absolute atomic E-state index is 0.761. The van der Waals surface area contributed by atoms with Crippen LogP contribution in [-0.4, -0.2) is 5.90 Å². The van der Waals surface area contributed by atoms with Crippen LogP contribution in [0.15, 0.2) is 133 Å². The Morgan fingerprint density at radius 1 is 0.457 bits per heavy atom. The Hall–Kier alpha value is -3.30. The number of fused-ring (bicyclic) bond motifs is 7. The van der Waals surface area contributed by atoms with Gasteiger partial charge in [0, 0.05) is 0 Å². The summed E-state index contributed by atoms with van der Waals surface area (Å²) in [5.74, 6) is 1.19. The van der Waals surface area contributed by atoms with E-state index in [0.717, 1.165) is 8.58 Å². The molecule has 0 radical (unpaired) electrons. The Labute approximate surface area is 208 Å². The first-order valence-corrected chi connectivity index (χ1v) is 15.7. The first-order chi connectivity index (χ1) is 17.4. The average molecular weight is 485 g/mol. The van der Waals surface area contributed by atoms with Crippen molar-refractivity contribution < 1.29 is 0 Å². The van der Waals surface area contributed by atoms with Crippen molar-refractivity contribution >= 4 is 58.6 Å². The molecule has 7 rings (SSSR count). The summed E-state index contributed by atoms with van der Waals surface area (Å²) in [4.78, 5) is 0. The summed E-state index contributed by atoms with van der Waals surface area (Å²) in [5.41, 5.74) is 2.91. The molecule has 0 N–H and O–H groups in total. The monoisotopic (exact) mass is 484 g/mol. The fourth-order valence-electron chi connectivity index (χ4n) is 6.03. The molecule has 0 bridgehead atoms. The molecule has 35 heavy (non-hydrogen) atoms. The zero-order chi connectivity index (χ0) is 23.2. The number of rotatable bonds is 2. The van der Waals surface area contributed by atoms with Gasteiger partial charge in [-0.05, 0) is 0 Å². The predicted octanol–water partition coefficient (Wildman–Crippen LogP) is 6.96. The van der Waals surface area contributed by atoms with E-state index in [-0.39, 0.29) is 0 Å². The van der Waals surface area contributed by atoms with Crippen LogP contribution in [0.3, 0.4) is 0 Å². The third-order valence-electron chi connectivity index (χ3n) is 7.65. The standard InChI is InChI=1S/C33H26P2/c1-3-13-26(14-4-1)35(27-15-5-2-6-16-27)23-34-30-21-19-24-11-7-9-17-28(24)32(30)33-29-18-10-8-12-25(29)20-22-31(33)35/h1-22,34-35H,23H2. The fraction of sp³-hybridized carbons (Fsp3) is 0.0303. The number of hydrogen-bond donors (Lipinski definition) is 0. The van der Waals surface area contributed by atoms with Crippen LogP contribution >= 0.6 is 15.8 Å². The Morgan fingerprint density at radius 3 is 1.60 bits per heavy atom. The van der Waals surface area contributed by atoms with Crippen LogP contribution in [0, 0.1) is 0 Å². The van der Waals surface area contributed by atoms with E-state index >= 15 is 0 Å². The van der Waals surface area contributed by atoms with Gasteiger partial charge in [0.2, 0.25) is 0 Å². The van der Waals surface area contributed by atoms with Gasteiger partial charge in [0.15, 0.2) is 0 Å². The maximum absolute atomic E-state index is 2.48. The molecule has 1 aliphatic heterocycles. The zero-order valence-electron chi connectivity index (χ0n) is 19.4. The minimum atomic E-state index is -2.30. The third-order valence-corrected chi connectivity index (χ3v) is 15.2. The summed E-state index contributed by atoms with van der Waals surface area (Å²) >= 11 is 0. The van der Waals surface area contributed by atoms with E-state index in [2.05, 4.69) is 133 Å². The van der Waals surface area contributed by atoms with E-state index < -0.39 is 7.26 Å². The van der Waals surface area contributed by atoms with Gasteiger partial charge in [0.1, 0.15) is 0 Å². The van der Waals surface area contributed by atoms with Crippen LogP contribution < -0.4 is 21.2 Å². The average Bonchev–Trinajstić information content (AvgIpc) is 3.10. The molecule has 0 aliphatic carbocycles. The molecule has 0 fully saturated rings. The van der Waals surface area contributed by atoms with E-state index in [1.54, 1.807) is 5.30 Å². The van der Waals surface area contributed by atoms with Gasteiger partial charge in [0.25, 0.3) is 0 Å². The van der Waals surface area contributed by atoms with Crippen molar-refractivity contribution in [1.29, 1.82) is 0 Å². The van der Waals surface area contributed by atoms with E-state index in [1.807, 2.05) is 0 Å². The molecular formula is C33H26P2. The van der Waals surface area contributed by atoms with Crippen molar-refractivity contribution in [3.05, 3.63) is 133 Å². The topological polar surface area (TPSA) is 0 Å². The van der Waals surface area contributed by atoms with Crippen LogP contribution in [0.5, 0.6) is 0 Å². The summed E-state index contributed by atoms with van der Waals surface area (Å²) in [6, 6.07) is 50.2. The SMILES string of the molecule is c1ccc([PH]2(c3ccccc3)CPc3ccc4ccccc4c3-c3c2ccc2ccccc32)cc1. The van der Waals surface area contributed by atoms with E-state index in [9.17, 15) is 0 Å². The first-order valence-electron chi connectivity index (χ1n) is 12.3.